The van der Waals surface area contributed by atoms with Crippen LogP contribution in [0.3, 0.4) is 0 Å². The summed E-state index contributed by atoms with van der Waals surface area (Å²) in [7, 11) is 0. The minimum Gasteiger partial charge on any atom is -0.326 e. The quantitative estimate of drug-likeness (QED) is 0.724. The van der Waals surface area contributed by atoms with Gasteiger partial charge in [0.2, 0.25) is 11.8 Å². The third-order valence-corrected chi connectivity index (χ3v) is 4.35. The maximum Gasteiger partial charge on any atom is 0.254 e. The van der Waals surface area contributed by atoms with Crippen molar-refractivity contribution in [2.24, 2.45) is 0 Å². The standard InChI is InChI=1S/C18H16N4O3S/c1-12(23)20-13-4-6-14(7-5-13)21-17(24)10-22-11-19-15(9-18(22)25)16-3-2-8-26-16/h2-9,11H,10H2,1H3,(H,20,23)(H,21,24). The van der Waals surface area contributed by atoms with Crippen molar-refractivity contribution in [1.29, 1.82) is 0 Å². The molecule has 0 radical (unpaired) electrons. The second-order valence-corrected chi connectivity index (χ2v) is 6.47. The van der Waals surface area contributed by atoms with Crippen LogP contribution >= 0.6 is 11.3 Å². The van der Waals surface area contributed by atoms with Gasteiger partial charge in [0, 0.05) is 24.4 Å². The van der Waals surface area contributed by atoms with Crippen molar-refractivity contribution in [2.45, 2.75) is 13.5 Å². The molecular weight excluding hydrogens is 352 g/mol. The van der Waals surface area contributed by atoms with Gasteiger partial charge in [-0.25, -0.2) is 4.98 Å². The molecule has 0 bridgehead atoms. The Kier molecular flexibility index (Phi) is 5.23. The van der Waals surface area contributed by atoms with Crippen LogP contribution in [0.1, 0.15) is 6.92 Å². The third kappa shape index (κ3) is 4.42. The van der Waals surface area contributed by atoms with Crippen molar-refractivity contribution in [2.75, 3.05) is 10.6 Å². The number of nitrogens with one attached hydrogen (secondary N) is 2. The first-order chi connectivity index (χ1) is 12.5. The molecule has 2 heterocycles. The summed E-state index contributed by atoms with van der Waals surface area (Å²) in [5.41, 5.74) is 1.51. The van der Waals surface area contributed by atoms with Gasteiger partial charge in [-0.05, 0) is 35.7 Å². The van der Waals surface area contributed by atoms with Crippen molar-refractivity contribution in [3.63, 3.8) is 0 Å². The van der Waals surface area contributed by atoms with E-state index in [1.165, 1.54) is 35.2 Å². The number of thiophene rings is 1. The van der Waals surface area contributed by atoms with E-state index < -0.39 is 0 Å². The zero-order chi connectivity index (χ0) is 18.5. The zero-order valence-electron chi connectivity index (χ0n) is 13.9. The smallest absolute Gasteiger partial charge is 0.254 e. The van der Waals surface area contributed by atoms with E-state index in [2.05, 4.69) is 15.6 Å². The molecule has 1 aromatic carbocycles. The highest BCUT2D eigenvalue weighted by atomic mass is 32.1. The molecule has 0 atom stereocenters. The Bertz CT molecular complexity index is 978. The molecule has 0 saturated heterocycles. The van der Waals surface area contributed by atoms with Crippen LogP contribution in [0.2, 0.25) is 0 Å². The fourth-order valence-electron chi connectivity index (χ4n) is 2.30. The van der Waals surface area contributed by atoms with Gasteiger partial charge in [-0.1, -0.05) is 6.07 Å². The van der Waals surface area contributed by atoms with Gasteiger partial charge in [0.25, 0.3) is 5.56 Å². The predicted octanol–water partition coefficient (Wildman–Crippen LogP) is 2.57. The average molecular weight is 368 g/mol. The molecule has 0 saturated carbocycles. The van der Waals surface area contributed by atoms with Crippen LogP contribution in [0.15, 0.2) is 59.0 Å². The lowest BCUT2D eigenvalue weighted by Crippen LogP contribution is -2.27. The summed E-state index contributed by atoms with van der Waals surface area (Å²) in [6.07, 6.45) is 1.37. The normalized spacial score (nSPS) is 10.3. The van der Waals surface area contributed by atoms with Crippen molar-refractivity contribution >= 4 is 34.5 Å². The van der Waals surface area contributed by atoms with Crippen molar-refractivity contribution in [3.8, 4) is 10.6 Å². The first kappa shape index (κ1) is 17.6. The fraction of sp³-hybridized carbons (Fsp3) is 0.111. The molecule has 8 heteroatoms. The van der Waals surface area contributed by atoms with Crippen molar-refractivity contribution < 1.29 is 9.59 Å². The molecule has 2 aromatic heterocycles. The van der Waals surface area contributed by atoms with Gasteiger partial charge in [0.05, 0.1) is 16.9 Å². The lowest BCUT2D eigenvalue weighted by atomic mass is 10.2. The van der Waals surface area contributed by atoms with Crippen LogP contribution in [0, 0.1) is 0 Å². The maximum absolute atomic E-state index is 12.2. The van der Waals surface area contributed by atoms with Gasteiger partial charge < -0.3 is 10.6 Å². The molecule has 2 amide bonds. The molecule has 0 spiro atoms. The average Bonchev–Trinajstić information content (AvgIpc) is 3.12. The minimum absolute atomic E-state index is 0.135. The minimum atomic E-state index is -0.343. The second-order valence-electron chi connectivity index (χ2n) is 5.52. The monoisotopic (exact) mass is 368 g/mol. The lowest BCUT2D eigenvalue weighted by molar-refractivity contribution is -0.117. The molecule has 7 nitrogen and oxygen atoms in total. The highest BCUT2D eigenvalue weighted by Crippen LogP contribution is 2.20. The Labute approximate surface area is 153 Å². The first-order valence-electron chi connectivity index (χ1n) is 7.79. The van der Waals surface area contributed by atoms with Crippen LogP contribution in [0.5, 0.6) is 0 Å². The number of benzene rings is 1. The summed E-state index contributed by atoms with van der Waals surface area (Å²) in [4.78, 5) is 40.4. The number of carbonyl (C=O) groups excluding carboxylic acids is 2. The molecule has 3 rings (SSSR count). The number of anilines is 2. The number of aromatic nitrogens is 2. The number of hydrogen-bond donors (Lipinski definition) is 2. The fourth-order valence-corrected chi connectivity index (χ4v) is 2.99. The van der Waals surface area contributed by atoms with E-state index in [9.17, 15) is 14.4 Å². The Morgan fingerprint density at radius 3 is 2.38 bits per heavy atom. The number of hydrogen-bond acceptors (Lipinski definition) is 5. The third-order valence-electron chi connectivity index (χ3n) is 3.46. The largest absolute Gasteiger partial charge is 0.326 e. The molecule has 0 aliphatic heterocycles. The summed E-state index contributed by atoms with van der Waals surface area (Å²) in [6.45, 7) is 1.29. The van der Waals surface area contributed by atoms with Gasteiger partial charge in [-0.15, -0.1) is 11.3 Å². The number of amides is 2. The molecule has 132 valence electrons. The number of nitrogens with zero attached hydrogens (tertiary/aromatic N) is 2. The Balaban J connectivity index is 1.64. The van der Waals surface area contributed by atoms with Crippen LogP contribution in [-0.2, 0) is 16.1 Å². The van der Waals surface area contributed by atoms with Gasteiger partial charge in [0.15, 0.2) is 0 Å². The van der Waals surface area contributed by atoms with Gasteiger partial charge in [0.1, 0.15) is 6.54 Å². The number of carbonyl (C=O) groups is 2. The summed E-state index contributed by atoms with van der Waals surface area (Å²) in [5.74, 6) is -0.510. The SMILES string of the molecule is CC(=O)Nc1ccc(NC(=O)Cn2cnc(-c3cccs3)cc2=O)cc1. The van der Waals surface area contributed by atoms with Gasteiger partial charge >= 0.3 is 0 Å². The van der Waals surface area contributed by atoms with Crippen LogP contribution in [-0.4, -0.2) is 21.4 Å². The lowest BCUT2D eigenvalue weighted by Gasteiger charge is -2.08. The van der Waals surface area contributed by atoms with Crippen molar-refractivity contribution in [1.82, 2.24) is 9.55 Å². The van der Waals surface area contributed by atoms with E-state index in [0.717, 1.165) is 4.88 Å². The van der Waals surface area contributed by atoms with E-state index >= 15 is 0 Å². The number of rotatable bonds is 5. The van der Waals surface area contributed by atoms with Crippen molar-refractivity contribution in [3.05, 3.63) is 64.5 Å². The molecule has 2 N–H and O–H groups in total. The van der Waals surface area contributed by atoms with Gasteiger partial charge in [-0.2, -0.15) is 0 Å². The van der Waals surface area contributed by atoms with E-state index in [1.807, 2.05) is 17.5 Å². The summed E-state index contributed by atoms with van der Waals surface area (Å²) >= 11 is 1.49. The predicted molar refractivity (Wildman–Crippen MR) is 101 cm³/mol. The van der Waals surface area contributed by atoms with E-state index in [4.69, 9.17) is 0 Å². The maximum atomic E-state index is 12.2. The summed E-state index contributed by atoms with van der Waals surface area (Å²) in [6, 6.07) is 11.9. The molecule has 0 unspecified atom stereocenters. The molecule has 26 heavy (non-hydrogen) atoms. The van der Waals surface area contributed by atoms with Crippen LogP contribution in [0.25, 0.3) is 10.6 Å². The highest BCUT2D eigenvalue weighted by Gasteiger charge is 2.08. The second kappa shape index (κ2) is 7.75. The van der Waals surface area contributed by atoms with Gasteiger partial charge in [-0.3, -0.25) is 19.0 Å². The van der Waals surface area contributed by atoms with E-state index in [0.29, 0.717) is 17.1 Å². The molecule has 0 fully saturated rings. The first-order valence-corrected chi connectivity index (χ1v) is 8.67. The summed E-state index contributed by atoms with van der Waals surface area (Å²) < 4.78 is 1.25. The summed E-state index contributed by atoms with van der Waals surface area (Å²) in [5, 5.41) is 7.26. The van der Waals surface area contributed by atoms with E-state index in [1.54, 1.807) is 24.3 Å². The topological polar surface area (TPSA) is 93.1 Å². The Hall–Kier alpha value is -3.26. The highest BCUT2D eigenvalue weighted by molar-refractivity contribution is 7.13. The molecule has 3 aromatic rings. The van der Waals surface area contributed by atoms with E-state index in [-0.39, 0.29) is 23.9 Å². The Morgan fingerprint density at radius 1 is 1.12 bits per heavy atom. The zero-order valence-corrected chi connectivity index (χ0v) is 14.7. The molecule has 0 aliphatic carbocycles. The van der Waals surface area contributed by atoms with Crippen LogP contribution < -0.4 is 16.2 Å². The van der Waals surface area contributed by atoms with Crippen LogP contribution in [0.4, 0.5) is 11.4 Å². The molecular formula is C18H16N4O3S. The molecule has 0 aliphatic rings. The Morgan fingerprint density at radius 2 is 1.81 bits per heavy atom.